The van der Waals surface area contributed by atoms with Crippen molar-refractivity contribution in [3.05, 3.63) is 105 Å². The summed E-state index contributed by atoms with van der Waals surface area (Å²) in [7, 11) is 0. The van der Waals surface area contributed by atoms with E-state index in [0.29, 0.717) is 28.5 Å². The third kappa shape index (κ3) is 3.80. The molecule has 152 valence electrons. The Bertz CT molecular complexity index is 1090. The van der Waals surface area contributed by atoms with E-state index in [4.69, 9.17) is 39.5 Å². The lowest BCUT2D eigenvalue weighted by atomic mass is 9.77. The van der Waals surface area contributed by atoms with Crippen LogP contribution in [0.1, 0.15) is 35.1 Å². The van der Waals surface area contributed by atoms with Crippen molar-refractivity contribution in [1.29, 1.82) is 0 Å². The molecule has 2 nitrogen and oxygen atoms in total. The van der Waals surface area contributed by atoms with Crippen LogP contribution in [-0.4, -0.2) is 0 Å². The standard InChI is InChI=1S/C25H20Cl3NO/c26-17-8-4-15(5-9-17)14-30-19-10-6-16(7-11-19)24-21-3-1-2-20(21)22-12-18(27)13-23(28)25(22)29-24/h1-2,4-13,20-21,24,29H,3,14H2/t20-,21+,24+/m1/s1. The molecule has 0 fully saturated rings. The molecule has 2 aliphatic rings. The summed E-state index contributed by atoms with van der Waals surface area (Å²) < 4.78 is 5.94. The van der Waals surface area contributed by atoms with E-state index in [2.05, 4.69) is 29.6 Å². The number of halogens is 3. The molecule has 0 spiro atoms. The van der Waals surface area contributed by atoms with E-state index in [-0.39, 0.29) is 6.04 Å². The number of fused-ring (bicyclic) bond motifs is 3. The zero-order valence-corrected chi connectivity index (χ0v) is 18.4. The third-order valence-corrected chi connectivity index (χ3v) is 6.71. The highest BCUT2D eigenvalue weighted by Gasteiger charge is 2.38. The zero-order valence-electron chi connectivity index (χ0n) is 16.1. The van der Waals surface area contributed by atoms with E-state index in [9.17, 15) is 0 Å². The molecule has 0 saturated heterocycles. The van der Waals surface area contributed by atoms with Gasteiger partial charge in [-0.05, 0) is 65.4 Å². The summed E-state index contributed by atoms with van der Waals surface area (Å²) in [4.78, 5) is 0. The number of nitrogens with one attached hydrogen (secondary N) is 1. The van der Waals surface area contributed by atoms with Crippen molar-refractivity contribution in [3.63, 3.8) is 0 Å². The van der Waals surface area contributed by atoms with Crippen LogP contribution >= 0.6 is 34.8 Å². The van der Waals surface area contributed by atoms with Crippen LogP contribution in [0.2, 0.25) is 15.1 Å². The van der Waals surface area contributed by atoms with E-state index in [0.717, 1.165) is 28.4 Å². The maximum atomic E-state index is 6.53. The van der Waals surface area contributed by atoms with Crippen LogP contribution in [0.4, 0.5) is 5.69 Å². The number of hydrogen-bond donors (Lipinski definition) is 1. The maximum absolute atomic E-state index is 6.53. The van der Waals surface area contributed by atoms with Gasteiger partial charge in [-0.15, -0.1) is 0 Å². The van der Waals surface area contributed by atoms with Crippen LogP contribution < -0.4 is 10.1 Å². The fraction of sp³-hybridized carbons (Fsp3) is 0.200. The second kappa shape index (κ2) is 8.19. The minimum atomic E-state index is 0.182. The van der Waals surface area contributed by atoms with Crippen LogP contribution in [0.15, 0.2) is 72.8 Å². The van der Waals surface area contributed by atoms with Gasteiger partial charge in [0, 0.05) is 16.0 Å². The van der Waals surface area contributed by atoms with Gasteiger partial charge < -0.3 is 10.1 Å². The predicted octanol–water partition coefficient (Wildman–Crippen LogP) is 8.05. The van der Waals surface area contributed by atoms with Gasteiger partial charge in [-0.25, -0.2) is 0 Å². The van der Waals surface area contributed by atoms with Crippen LogP contribution in [0.5, 0.6) is 5.75 Å². The second-order valence-corrected chi connectivity index (χ2v) is 9.09. The number of rotatable bonds is 4. The lowest BCUT2D eigenvalue weighted by Gasteiger charge is -2.38. The molecule has 30 heavy (non-hydrogen) atoms. The van der Waals surface area contributed by atoms with Gasteiger partial charge in [0.25, 0.3) is 0 Å². The second-order valence-electron chi connectivity index (χ2n) is 7.81. The highest BCUT2D eigenvalue weighted by Crippen LogP contribution is 2.52. The van der Waals surface area contributed by atoms with Gasteiger partial charge in [-0.2, -0.15) is 0 Å². The molecular weight excluding hydrogens is 437 g/mol. The summed E-state index contributed by atoms with van der Waals surface area (Å²) in [5.74, 6) is 1.60. The Morgan fingerprint density at radius 2 is 1.67 bits per heavy atom. The number of hydrogen-bond acceptors (Lipinski definition) is 2. The molecule has 3 aromatic carbocycles. The molecule has 5 rings (SSSR count). The predicted molar refractivity (Wildman–Crippen MR) is 125 cm³/mol. The monoisotopic (exact) mass is 455 g/mol. The number of benzene rings is 3. The van der Waals surface area contributed by atoms with Gasteiger partial charge in [-0.3, -0.25) is 0 Å². The van der Waals surface area contributed by atoms with Crippen molar-refractivity contribution in [2.45, 2.75) is 25.0 Å². The Hall–Kier alpha value is -2.13. The summed E-state index contributed by atoms with van der Waals surface area (Å²) in [6.07, 6.45) is 5.58. The first-order valence-corrected chi connectivity index (χ1v) is 11.1. The Morgan fingerprint density at radius 1 is 0.900 bits per heavy atom. The maximum Gasteiger partial charge on any atom is 0.119 e. The van der Waals surface area contributed by atoms with E-state index >= 15 is 0 Å². The first-order valence-electron chi connectivity index (χ1n) is 9.98. The fourth-order valence-corrected chi connectivity index (χ4v) is 5.16. The first kappa shape index (κ1) is 19.8. The van der Waals surface area contributed by atoms with Gasteiger partial charge in [0.2, 0.25) is 0 Å². The van der Waals surface area contributed by atoms with Crippen molar-refractivity contribution in [2.24, 2.45) is 5.92 Å². The molecule has 0 aromatic heterocycles. The first-order chi connectivity index (χ1) is 14.6. The van der Waals surface area contributed by atoms with Crippen LogP contribution in [0, 0.1) is 5.92 Å². The molecule has 1 N–H and O–H groups in total. The van der Waals surface area contributed by atoms with E-state index in [1.165, 1.54) is 11.1 Å². The van der Waals surface area contributed by atoms with Gasteiger partial charge in [0.1, 0.15) is 12.4 Å². The Balaban J connectivity index is 1.36. The molecule has 3 aromatic rings. The van der Waals surface area contributed by atoms with Crippen molar-refractivity contribution >= 4 is 40.5 Å². The third-order valence-electron chi connectivity index (χ3n) is 5.94. The van der Waals surface area contributed by atoms with Gasteiger partial charge >= 0.3 is 0 Å². The van der Waals surface area contributed by atoms with Crippen molar-refractivity contribution in [2.75, 3.05) is 5.32 Å². The molecule has 0 saturated carbocycles. The van der Waals surface area contributed by atoms with Crippen molar-refractivity contribution in [3.8, 4) is 5.75 Å². The van der Waals surface area contributed by atoms with Gasteiger partial charge in [0.15, 0.2) is 0 Å². The van der Waals surface area contributed by atoms with Crippen molar-refractivity contribution in [1.82, 2.24) is 0 Å². The minimum absolute atomic E-state index is 0.182. The highest BCUT2D eigenvalue weighted by molar-refractivity contribution is 6.36. The molecule has 1 aliphatic heterocycles. The highest BCUT2D eigenvalue weighted by atomic mass is 35.5. The van der Waals surface area contributed by atoms with E-state index in [1.807, 2.05) is 42.5 Å². The summed E-state index contributed by atoms with van der Waals surface area (Å²) in [5.41, 5.74) is 4.48. The minimum Gasteiger partial charge on any atom is -0.489 e. The van der Waals surface area contributed by atoms with Crippen molar-refractivity contribution < 1.29 is 4.74 Å². The smallest absolute Gasteiger partial charge is 0.119 e. The van der Waals surface area contributed by atoms with E-state index < -0.39 is 0 Å². The van der Waals surface area contributed by atoms with Gasteiger partial charge in [0.05, 0.1) is 16.8 Å². The summed E-state index contributed by atoms with van der Waals surface area (Å²) in [5, 5.41) is 5.76. The zero-order chi connectivity index (χ0) is 20.7. The van der Waals surface area contributed by atoms with Crippen LogP contribution in [0.3, 0.4) is 0 Å². The average molecular weight is 457 g/mol. The quantitative estimate of drug-likeness (QED) is 0.401. The molecule has 0 radical (unpaired) electrons. The molecule has 0 amide bonds. The lowest BCUT2D eigenvalue weighted by Crippen LogP contribution is -2.29. The Kier molecular flexibility index (Phi) is 5.41. The summed E-state index contributed by atoms with van der Waals surface area (Å²) in [6, 6.07) is 20.1. The molecule has 1 heterocycles. The van der Waals surface area contributed by atoms with E-state index in [1.54, 1.807) is 6.07 Å². The average Bonchev–Trinajstić information content (AvgIpc) is 3.24. The normalized spacial score (nSPS) is 21.6. The fourth-order valence-electron chi connectivity index (χ4n) is 4.47. The molecule has 0 unspecified atom stereocenters. The SMILES string of the molecule is Clc1ccc(COc2ccc([C@@H]3Nc4c(Cl)cc(Cl)cc4[C@@H]4C=CC[C@@H]43)cc2)cc1. The Labute approximate surface area is 191 Å². The lowest BCUT2D eigenvalue weighted by molar-refractivity contribution is 0.306. The number of allylic oxidation sites excluding steroid dienone is 2. The summed E-state index contributed by atoms with van der Waals surface area (Å²) in [6.45, 7) is 0.510. The number of anilines is 1. The molecule has 3 atom stereocenters. The van der Waals surface area contributed by atoms with Crippen LogP contribution in [-0.2, 0) is 6.61 Å². The number of ether oxygens (including phenoxy) is 1. The molecule has 1 aliphatic carbocycles. The molecular formula is C25H20Cl3NO. The summed E-state index contributed by atoms with van der Waals surface area (Å²) >= 11 is 18.7. The van der Waals surface area contributed by atoms with Crippen LogP contribution in [0.25, 0.3) is 0 Å². The van der Waals surface area contributed by atoms with Gasteiger partial charge in [-0.1, -0.05) is 71.2 Å². The topological polar surface area (TPSA) is 21.3 Å². The molecule has 5 heteroatoms. The Morgan fingerprint density at radius 3 is 2.43 bits per heavy atom. The largest absolute Gasteiger partial charge is 0.489 e. The molecule has 0 bridgehead atoms.